The molecule has 2 rings (SSSR count). The van der Waals surface area contributed by atoms with E-state index in [1.807, 2.05) is 25.2 Å². The predicted molar refractivity (Wildman–Crippen MR) is 84.8 cm³/mol. The van der Waals surface area contributed by atoms with Gasteiger partial charge < -0.3 is 15.3 Å². The van der Waals surface area contributed by atoms with Crippen LogP contribution in [0.2, 0.25) is 0 Å². The minimum atomic E-state index is -0.240. The fourth-order valence-corrected chi connectivity index (χ4v) is 2.09. The summed E-state index contributed by atoms with van der Waals surface area (Å²) in [6.07, 6.45) is 0.838. The lowest BCUT2D eigenvalue weighted by Crippen LogP contribution is -2.28. The molecule has 2 N–H and O–H groups in total. The molecule has 0 aliphatic rings. The summed E-state index contributed by atoms with van der Waals surface area (Å²) >= 11 is 0. The van der Waals surface area contributed by atoms with Crippen molar-refractivity contribution in [3.05, 3.63) is 60.2 Å². The summed E-state index contributed by atoms with van der Waals surface area (Å²) in [4.78, 5) is 14.0. The maximum Gasteiger partial charge on any atom is 0.255 e. The van der Waals surface area contributed by atoms with E-state index in [2.05, 4.69) is 22.3 Å². The van der Waals surface area contributed by atoms with Crippen molar-refractivity contribution < 1.29 is 9.90 Å². The van der Waals surface area contributed by atoms with Crippen LogP contribution in [-0.4, -0.2) is 31.2 Å². The van der Waals surface area contributed by atoms with Crippen LogP contribution >= 0.6 is 0 Å². The molecule has 0 saturated heterocycles. The number of rotatable bonds is 6. The normalized spacial score (nSPS) is 10.1. The van der Waals surface area contributed by atoms with Gasteiger partial charge in [0.15, 0.2) is 0 Å². The van der Waals surface area contributed by atoms with Gasteiger partial charge in [0, 0.05) is 25.8 Å². The Balaban J connectivity index is 1.75. The van der Waals surface area contributed by atoms with E-state index >= 15 is 0 Å². The summed E-state index contributed by atoms with van der Waals surface area (Å²) in [5.41, 5.74) is 1.47. The second-order valence-corrected chi connectivity index (χ2v) is 4.88. The number of phenolic OH excluding ortho intramolecular Hbond substituents is 1. The number of hydrogen-bond acceptors (Lipinski definition) is 3. The lowest BCUT2D eigenvalue weighted by atomic mass is 10.2. The van der Waals surface area contributed by atoms with Gasteiger partial charge in [0.25, 0.3) is 5.91 Å². The third kappa shape index (κ3) is 4.24. The zero-order valence-corrected chi connectivity index (χ0v) is 12.1. The number of nitrogens with one attached hydrogen (secondary N) is 1. The van der Waals surface area contributed by atoms with Crippen molar-refractivity contribution in [3.63, 3.8) is 0 Å². The van der Waals surface area contributed by atoms with Crippen LogP contribution < -0.4 is 10.2 Å². The molecule has 4 nitrogen and oxygen atoms in total. The second kappa shape index (κ2) is 7.33. The minimum absolute atomic E-state index is 0.0106. The summed E-state index contributed by atoms with van der Waals surface area (Å²) in [7, 11) is 2.03. The first-order valence-electron chi connectivity index (χ1n) is 7.01. The molecule has 0 radical (unpaired) electrons. The van der Waals surface area contributed by atoms with Crippen molar-refractivity contribution in [2.75, 3.05) is 25.0 Å². The molecule has 2 aromatic rings. The van der Waals surface area contributed by atoms with Crippen molar-refractivity contribution in [3.8, 4) is 5.75 Å². The quantitative estimate of drug-likeness (QED) is 0.802. The van der Waals surface area contributed by atoms with E-state index in [4.69, 9.17) is 0 Å². The highest BCUT2D eigenvalue weighted by Gasteiger charge is 2.09. The van der Waals surface area contributed by atoms with Gasteiger partial charge in [-0.1, -0.05) is 30.3 Å². The maximum atomic E-state index is 11.9. The van der Waals surface area contributed by atoms with Crippen molar-refractivity contribution in [1.29, 1.82) is 0 Å². The number of phenols is 1. The van der Waals surface area contributed by atoms with E-state index in [-0.39, 0.29) is 11.7 Å². The van der Waals surface area contributed by atoms with Crippen LogP contribution in [0.15, 0.2) is 54.6 Å². The average molecular weight is 284 g/mol. The standard InChI is InChI=1S/C17H20N2O2/c1-19(14-8-3-2-4-9-14)13-7-12-18-17(21)15-10-5-6-11-16(15)20/h2-6,8-11,20H,7,12-13H2,1H3,(H,18,21). The van der Waals surface area contributed by atoms with Gasteiger partial charge in [-0.2, -0.15) is 0 Å². The summed E-state index contributed by atoms with van der Waals surface area (Å²) in [6.45, 7) is 1.43. The third-order valence-corrected chi connectivity index (χ3v) is 3.30. The Labute approximate surface area is 125 Å². The average Bonchev–Trinajstić information content (AvgIpc) is 2.52. The molecule has 0 saturated carbocycles. The van der Waals surface area contributed by atoms with Crippen molar-refractivity contribution in [2.45, 2.75) is 6.42 Å². The molecule has 0 atom stereocenters. The number of amides is 1. The number of aromatic hydroxyl groups is 1. The molecule has 0 spiro atoms. The smallest absolute Gasteiger partial charge is 0.255 e. The third-order valence-electron chi connectivity index (χ3n) is 3.30. The molecule has 1 amide bonds. The van der Waals surface area contributed by atoms with Crippen LogP contribution in [0.3, 0.4) is 0 Å². The van der Waals surface area contributed by atoms with Crippen LogP contribution in [0.25, 0.3) is 0 Å². The van der Waals surface area contributed by atoms with Crippen LogP contribution in [0.1, 0.15) is 16.8 Å². The molecule has 0 fully saturated rings. The number of carbonyl (C=O) groups excluding carboxylic acids is 1. The van der Waals surface area contributed by atoms with E-state index in [0.29, 0.717) is 12.1 Å². The Kier molecular flexibility index (Phi) is 5.21. The van der Waals surface area contributed by atoms with Gasteiger partial charge in [-0.3, -0.25) is 4.79 Å². The molecule has 4 heteroatoms. The van der Waals surface area contributed by atoms with Crippen LogP contribution in [0.5, 0.6) is 5.75 Å². The molecule has 0 aromatic heterocycles. The zero-order valence-electron chi connectivity index (χ0n) is 12.1. The molecule has 0 bridgehead atoms. The number of para-hydroxylation sites is 2. The summed E-state index contributed by atoms with van der Waals surface area (Å²) in [5.74, 6) is -0.230. The van der Waals surface area contributed by atoms with Gasteiger partial charge in [-0.05, 0) is 30.7 Å². The van der Waals surface area contributed by atoms with Crippen LogP contribution in [-0.2, 0) is 0 Å². The largest absolute Gasteiger partial charge is 0.507 e. The highest BCUT2D eigenvalue weighted by atomic mass is 16.3. The Morgan fingerprint density at radius 1 is 1.10 bits per heavy atom. The lowest BCUT2D eigenvalue weighted by molar-refractivity contribution is 0.0951. The van der Waals surface area contributed by atoms with Crippen molar-refractivity contribution in [1.82, 2.24) is 5.32 Å². The minimum Gasteiger partial charge on any atom is -0.507 e. The van der Waals surface area contributed by atoms with Crippen molar-refractivity contribution in [2.24, 2.45) is 0 Å². The molecule has 0 unspecified atom stereocenters. The first-order chi connectivity index (χ1) is 10.2. The van der Waals surface area contributed by atoms with Crippen LogP contribution in [0, 0.1) is 0 Å². The molecule has 0 heterocycles. The van der Waals surface area contributed by atoms with Gasteiger partial charge in [-0.25, -0.2) is 0 Å². The number of carbonyl (C=O) groups is 1. The van der Waals surface area contributed by atoms with Crippen LogP contribution in [0.4, 0.5) is 5.69 Å². The molecular weight excluding hydrogens is 264 g/mol. The predicted octanol–water partition coefficient (Wildman–Crippen LogP) is 2.65. The van der Waals surface area contributed by atoms with Crippen molar-refractivity contribution >= 4 is 11.6 Å². The molecular formula is C17H20N2O2. The second-order valence-electron chi connectivity index (χ2n) is 4.88. The fraction of sp³-hybridized carbons (Fsp3) is 0.235. The molecule has 0 aliphatic carbocycles. The molecule has 0 aliphatic heterocycles. The number of benzene rings is 2. The van der Waals surface area contributed by atoms with E-state index in [9.17, 15) is 9.90 Å². The monoisotopic (exact) mass is 284 g/mol. The summed E-state index contributed by atoms with van der Waals surface area (Å²) in [5, 5.41) is 12.4. The van der Waals surface area contributed by atoms with E-state index < -0.39 is 0 Å². The van der Waals surface area contributed by atoms with Gasteiger partial charge in [0.05, 0.1) is 5.56 Å². The highest BCUT2D eigenvalue weighted by Crippen LogP contribution is 2.15. The highest BCUT2D eigenvalue weighted by molar-refractivity contribution is 5.96. The SMILES string of the molecule is CN(CCCNC(=O)c1ccccc1O)c1ccccc1. The number of anilines is 1. The van der Waals surface area contributed by atoms with Gasteiger partial charge in [0.2, 0.25) is 0 Å². The molecule has 21 heavy (non-hydrogen) atoms. The zero-order chi connectivity index (χ0) is 15.1. The first-order valence-corrected chi connectivity index (χ1v) is 7.01. The fourth-order valence-electron chi connectivity index (χ4n) is 2.09. The summed E-state index contributed by atoms with van der Waals surface area (Å²) in [6, 6.07) is 16.7. The van der Waals surface area contributed by atoms with Gasteiger partial charge in [-0.15, -0.1) is 0 Å². The van der Waals surface area contributed by atoms with E-state index in [0.717, 1.165) is 18.7 Å². The Bertz CT molecular complexity index is 584. The van der Waals surface area contributed by atoms with E-state index in [1.54, 1.807) is 18.2 Å². The molecule has 110 valence electrons. The van der Waals surface area contributed by atoms with E-state index in [1.165, 1.54) is 6.07 Å². The lowest BCUT2D eigenvalue weighted by Gasteiger charge is -2.19. The topological polar surface area (TPSA) is 52.6 Å². The Morgan fingerprint density at radius 3 is 2.48 bits per heavy atom. The number of hydrogen-bond donors (Lipinski definition) is 2. The first kappa shape index (κ1) is 14.9. The van der Waals surface area contributed by atoms with Gasteiger partial charge in [0.1, 0.15) is 5.75 Å². The number of nitrogens with zero attached hydrogens (tertiary/aromatic N) is 1. The van der Waals surface area contributed by atoms with Gasteiger partial charge >= 0.3 is 0 Å². The summed E-state index contributed by atoms with van der Waals surface area (Å²) < 4.78 is 0. The molecule has 2 aromatic carbocycles. The Morgan fingerprint density at radius 2 is 1.76 bits per heavy atom. The Hall–Kier alpha value is -2.49. The maximum absolute atomic E-state index is 11.9.